The summed E-state index contributed by atoms with van der Waals surface area (Å²) in [5.74, 6) is 2.14. The van der Waals surface area contributed by atoms with Gasteiger partial charge in [0.2, 0.25) is 0 Å². The van der Waals surface area contributed by atoms with E-state index in [2.05, 4.69) is 67.6 Å². The van der Waals surface area contributed by atoms with E-state index in [-0.39, 0.29) is 5.97 Å². The van der Waals surface area contributed by atoms with Crippen LogP contribution in [-0.2, 0) is 11.2 Å². The Labute approximate surface area is 224 Å². The van der Waals surface area contributed by atoms with E-state index in [1.54, 1.807) is 0 Å². The van der Waals surface area contributed by atoms with Crippen molar-refractivity contribution < 1.29 is 9.53 Å². The van der Waals surface area contributed by atoms with Gasteiger partial charge in [-0.15, -0.1) is 0 Å². The van der Waals surface area contributed by atoms with Gasteiger partial charge in [0.15, 0.2) is 0 Å². The van der Waals surface area contributed by atoms with Crippen molar-refractivity contribution in [3.05, 3.63) is 90.0 Å². The van der Waals surface area contributed by atoms with Crippen LogP contribution in [0.4, 0.5) is 0 Å². The van der Waals surface area contributed by atoms with Crippen LogP contribution in [0.3, 0.4) is 0 Å². The normalized spacial score (nSPS) is 17.4. The number of aryl methyl sites for hydroxylation is 1. The number of hydrogen-bond acceptors (Lipinski definition) is 2. The Hall–Kier alpha value is -2.87. The standard InChI is InChI=1S/C35H44O2/c1-2-3-4-6-11-28-18-22-32(23-19-28)33-24-26-34(27-25-33)37-35(36)15-10-9-12-29-16-20-31(21-17-29)30-13-7-5-8-14-30/h5,7-8,13-14,16-17,20-21,24-28,32H,2-4,6,9-12,15,18-19,22-23H2,1H3/t28-,32-. The zero-order chi connectivity index (χ0) is 25.7. The Kier molecular flexibility index (Phi) is 10.8. The van der Waals surface area contributed by atoms with Crippen molar-refractivity contribution in [3.8, 4) is 16.9 Å². The summed E-state index contributed by atoms with van der Waals surface area (Å²) in [4.78, 5) is 12.4. The van der Waals surface area contributed by atoms with Gasteiger partial charge in [-0.2, -0.15) is 0 Å². The predicted octanol–water partition coefficient (Wildman–Crippen LogP) is 9.92. The molecule has 0 aliphatic heterocycles. The van der Waals surface area contributed by atoms with Crippen molar-refractivity contribution in [1.29, 1.82) is 0 Å². The second kappa shape index (κ2) is 14.8. The van der Waals surface area contributed by atoms with Gasteiger partial charge in [0, 0.05) is 6.42 Å². The smallest absolute Gasteiger partial charge is 0.311 e. The zero-order valence-electron chi connectivity index (χ0n) is 22.7. The molecule has 1 aliphatic rings. The maximum Gasteiger partial charge on any atom is 0.311 e. The molecule has 0 spiro atoms. The molecule has 0 atom stereocenters. The highest BCUT2D eigenvalue weighted by Gasteiger charge is 2.22. The fraction of sp³-hybridized carbons (Fsp3) is 0.457. The molecule has 0 heterocycles. The third-order valence-corrected chi connectivity index (χ3v) is 8.05. The van der Waals surface area contributed by atoms with E-state index in [1.165, 1.54) is 80.0 Å². The lowest BCUT2D eigenvalue weighted by atomic mass is 9.77. The molecule has 3 aromatic rings. The first-order chi connectivity index (χ1) is 18.2. The molecule has 0 saturated heterocycles. The quantitative estimate of drug-likeness (QED) is 0.134. The van der Waals surface area contributed by atoms with Gasteiger partial charge in [-0.05, 0) is 91.2 Å². The first-order valence-corrected chi connectivity index (χ1v) is 14.7. The van der Waals surface area contributed by atoms with E-state index in [0.717, 1.165) is 25.2 Å². The maximum absolute atomic E-state index is 12.4. The molecule has 0 unspecified atom stereocenters. The molecular formula is C35H44O2. The van der Waals surface area contributed by atoms with Crippen molar-refractivity contribution in [2.45, 2.75) is 96.3 Å². The molecule has 3 aromatic carbocycles. The molecule has 4 rings (SSSR count). The highest BCUT2D eigenvalue weighted by Crippen LogP contribution is 2.38. The van der Waals surface area contributed by atoms with Crippen LogP contribution < -0.4 is 4.74 Å². The third-order valence-electron chi connectivity index (χ3n) is 8.05. The lowest BCUT2D eigenvalue weighted by molar-refractivity contribution is -0.134. The Bertz CT molecular complexity index is 1040. The minimum Gasteiger partial charge on any atom is -0.427 e. The molecule has 0 radical (unpaired) electrons. The number of carbonyl (C=O) groups is 1. The van der Waals surface area contributed by atoms with Crippen molar-refractivity contribution >= 4 is 5.97 Å². The number of carbonyl (C=O) groups excluding carboxylic acids is 1. The summed E-state index contributed by atoms with van der Waals surface area (Å²) in [6.45, 7) is 2.28. The van der Waals surface area contributed by atoms with Crippen molar-refractivity contribution in [1.82, 2.24) is 0 Å². The average molecular weight is 497 g/mol. The van der Waals surface area contributed by atoms with Crippen LogP contribution in [0.2, 0.25) is 0 Å². The highest BCUT2D eigenvalue weighted by molar-refractivity contribution is 5.72. The number of unbranched alkanes of at least 4 members (excludes halogenated alkanes) is 4. The number of ether oxygens (including phenoxy) is 1. The average Bonchev–Trinajstić information content (AvgIpc) is 2.95. The van der Waals surface area contributed by atoms with Crippen molar-refractivity contribution in [2.24, 2.45) is 5.92 Å². The molecule has 0 amide bonds. The molecule has 0 aromatic heterocycles. The SMILES string of the molecule is CCCCCC[C@H]1CC[C@H](c2ccc(OC(=O)CCCCc3ccc(-c4ccccc4)cc3)cc2)CC1. The van der Waals surface area contributed by atoms with E-state index < -0.39 is 0 Å². The number of benzene rings is 3. The van der Waals surface area contributed by atoms with Crippen molar-refractivity contribution in [3.63, 3.8) is 0 Å². The summed E-state index contributed by atoms with van der Waals surface area (Å²) < 4.78 is 5.62. The van der Waals surface area contributed by atoms with Gasteiger partial charge in [-0.25, -0.2) is 0 Å². The highest BCUT2D eigenvalue weighted by atomic mass is 16.5. The van der Waals surface area contributed by atoms with Crippen LogP contribution in [0.15, 0.2) is 78.9 Å². The molecule has 1 aliphatic carbocycles. The predicted molar refractivity (Wildman–Crippen MR) is 155 cm³/mol. The fourth-order valence-corrected chi connectivity index (χ4v) is 5.73. The second-order valence-corrected chi connectivity index (χ2v) is 10.9. The van der Waals surface area contributed by atoms with Gasteiger partial charge in [-0.1, -0.05) is 106 Å². The molecule has 196 valence electrons. The largest absolute Gasteiger partial charge is 0.427 e. The molecule has 1 fully saturated rings. The summed E-state index contributed by atoms with van der Waals surface area (Å²) in [5, 5.41) is 0. The van der Waals surface area contributed by atoms with E-state index in [4.69, 9.17) is 4.74 Å². The monoisotopic (exact) mass is 496 g/mol. The topological polar surface area (TPSA) is 26.3 Å². The van der Waals surface area contributed by atoms with Gasteiger partial charge in [-0.3, -0.25) is 4.79 Å². The van der Waals surface area contributed by atoms with Crippen molar-refractivity contribution in [2.75, 3.05) is 0 Å². The van der Waals surface area contributed by atoms with Gasteiger partial charge < -0.3 is 4.74 Å². The van der Waals surface area contributed by atoms with Crippen LogP contribution >= 0.6 is 0 Å². The summed E-state index contributed by atoms with van der Waals surface area (Å²) in [5.41, 5.74) is 5.20. The van der Waals surface area contributed by atoms with Crippen LogP contribution in [-0.4, -0.2) is 5.97 Å². The van der Waals surface area contributed by atoms with Gasteiger partial charge in [0.25, 0.3) is 0 Å². The van der Waals surface area contributed by atoms with E-state index in [1.807, 2.05) is 18.2 Å². The third kappa shape index (κ3) is 8.88. The first-order valence-electron chi connectivity index (χ1n) is 14.7. The number of esters is 1. The summed E-state index contributed by atoms with van der Waals surface area (Å²) in [7, 11) is 0. The minimum atomic E-state index is -0.129. The molecule has 1 saturated carbocycles. The van der Waals surface area contributed by atoms with Gasteiger partial charge in [0.1, 0.15) is 5.75 Å². The molecule has 0 N–H and O–H groups in total. The van der Waals surface area contributed by atoms with E-state index in [9.17, 15) is 4.79 Å². The molecule has 37 heavy (non-hydrogen) atoms. The second-order valence-electron chi connectivity index (χ2n) is 10.9. The number of hydrogen-bond donors (Lipinski definition) is 0. The van der Waals surface area contributed by atoms with Gasteiger partial charge >= 0.3 is 5.97 Å². The number of rotatable bonds is 13. The minimum absolute atomic E-state index is 0.129. The van der Waals surface area contributed by atoms with E-state index in [0.29, 0.717) is 18.1 Å². The maximum atomic E-state index is 12.4. The molecule has 2 heteroatoms. The first kappa shape index (κ1) is 27.2. The Balaban J connectivity index is 1.12. The summed E-state index contributed by atoms with van der Waals surface area (Å²) in [6, 6.07) is 27.5. The van der Waals surface area contributed by atoms with Gasteiger partial charge in [0.05, 0.1) is 0 Å². The van der Waals surface area contributed by atoms with Crippen LogP contribution in [0.1, 0.15) is 101 Å². The molecular weight excluding hydrogens is 452 g/mol. The molecule has 2 nitrogen and oxygen atoms in total. The zero-order valence-corrected chi connectivity index (χ0v) is 22.7. The van der Waals surface area contributed by atoms with Crippen LogP contribution in [0.5, 0.6) is 5.75 Å². The Morgan fingerprint density at radius 3 is 2.14 bits per heavy atom. The Morgan fingerprint density at radius 2 is 1.43 bits per heavy atom. The van der Waals surface area contributed by atoms with Crippen LogP contribution in [0, 0.1) is 5.92 Å². The summed E-state index contributed by atoms with van der Waals surface area (Å²) in [6.07, 6.45) is 15.5. The van der Waals surface area contributed by atoms with E-state index >= 15 is 0 Å². The lowest BCUT2D eigenvalue weighted by Crippen LogP contribution is -2.13. The molecule has 0 bridgehead atoms. The summed E-state index contributed by atoms with van der Waals surface area (Å²) >= 11 is 0. The van der Waals surface area contributed by atoms with Crippen LogP contribution in [0.25, 0.3) is 11.1 Å². The Morgan fingerprint density at radius 1 is 0.730 bits per heavy atom. The fourth-order valence-electron chi connectivity index (χ4n) is 5.73. The lowest BCUT2D eigenvalue weighted by Gasteiger charge is -2.29.